The molecule has 0 aromatic heterocycles. The van der Waals surface area contributed by atoms with Crippen LogP contribution in [-0.4, -0.2) is 34.8 Å². The normalized spacial score (nSPS) is 25.2. The molecule has 1 rings (SSSR count). The molecular formula is C12H22O3S. The lowest BCUT2D eigenvalue weighted by molar-refractivity contribution is -0.140. The number of aliphatic carboxylic acids is 1. The van der Waals surface area contributed by atoms with Crippen LogP contribution in [0.5, 0.6) is 0 Å². The fourth-order valence-electron chi connectivity index (χ4n) is 1.83. The van der Waals surface area contributed by atoms with E-state index in [2.05, 4.69) is 13.8 Å². The highest BCUT2D eigenvalue weighted by molar-refractivity contribution is 8.01. The minimum Gasteiger partial charge on any atom is -0.480 e. The van der Waals surface area contributed by atoms with E-state index in [1.165, 1.54) is 0 Å². The van der Waals surface area contributed by atoms with Crippen molar-refractivity contribution in [2.75, 3.05) is 19.0 Å². The molecule has 94 valence electrons. The second kappa shape index (κ2) is 6.50. The summed E-state index contributed by atoms with van der Waals surface area (Å²) in [6.45, 7) is 5.65. The number of carboxylic acid groups (broad SMARTS) is 1. The molecule has 3 nitrogen and oxygen atoms in total. The Bertz CT molecular complexity index is 222. The fraction of sp³-hybridized carbons (Fsp3) is 0.917. The molecular weight excluding hydrogens is 224 g/mol. The third-order valence-corrected chi connectivity index (χ3v) is 4.61. The zero-order chi connectivity index (χ0) is 12.0. The van der Waals surface area contributed by atoms with Crippen molar-refractivity contribution < 1.29 is 14.6 Å². The fourth-order valence-corrected chi connectivity index (χ4v) is 3.15. The van der Waals surface area contributed by atoms with Crippen LogP contribution >= 0.6 is 11.8 Å². The first kappa shape index (κ1) is 13.8. The first-order valence-corrected chi connectivity index (χ1v) is 7.00. The summed E-state index contributed by atoms with van der Waals surface area (Å²) in [5.41, 5.74) is 0. The van der Waals surface area contributed by atoms with Crippen molar-refractivity contribution in [3.8, 4) is 0 Å². The van der Waals surface area contributed by atoms with Crippen molar-refractivity contribution in [2.45, 2.75) is 44.3 Å². The highest BCUT2D eigenvalue weighted by Crippen LogP contribution is 2.41. The van der Waals surface area contributed by atoms with Gasteiger partial charge in [-0.05, 0) is 37.4 Å². The summed E-state index contributed by atoms with van der Waals surface area (Å²) in [6, 6.07) is 0. The van der Waals surface area contributed by atoms with Crippen molar-refractivity contribution in [1.29, 1.82) is 0 Å². The zero-order valence-corrected chi connectivity index (χ0v) is 11.0. The Hall–Kier alpha value is -0.220. The topological polar surface area (TPSA) is 46.5 Å². The summed E-state index contributed by atoms with van der Waals surface area (Å²) in [6.07, 6.45) is 3.50. The summed E-state index contributed by atoms with van der Waals surface area (Å²) in [5.74, 6) is 0.954. The van der Waals surface area contributed by atoms with E-state index >= 15 is 0 Å². The van der Waals surface area contributed by atoms with Gasteiger partial charge in [0.1, 0.15) is 4.75 Å². The molecule has 1 aliphatic heterocycles. The van der Waals surface area contributed by atoms with Crippen LogP contribution in [-0.2, 0) is 9.53 Å². The van der Waals surface area contributed by atoms with E-state index in [0.717, 1.165) is 31.6 Å². The Morgan fingerprint density at radius 1 is 1.50 bits per heavy atom. The minimum absolute atomic E-state index is 0.558. The third kappa shape index (κ3) is 3.98. The van der Waals surface area contributed by atoms with Crippen LogP contribution in [0.1, 0.15) is 39.5 Å². The second-order valence-electron chi connectivity index (χ2n) is 4.80. The van der Waals surface area contributed by atoms with E-state index in [0.29, 0.717) is 18.9 Å². The van der Waals surface area contributed by atoms with Gasteiger partial charge in [0.05, 0.1) is 0 Å². The molecule has 0 aromatic carbocycles. The van der Waals surface area contributed by atoms with Crippen molar-refractivity contribution in [3.63, 3.8) is 0 Å². The lowest BCUT2D eigenvalue weighted by atomic mass is 10.00. The second-order valence-corrected chi connectivity index (χ2v) is 6.27. The molecule has 1 heterocycles. The number of hydrogen-bond acceptors (Lipinski definition) is 3. The van der Waals surface area contributed by atoms with Gasteiger partial charge < -0.3 is 9.84 Å². The van der Waals surface area contributed by atoms with Crippen LogP contribution in [0.2, 0.25) is 0 Å². The molecule has 1 unspecified atom stereocenters. The van der Waals surface area contributed by atoms with Crippen LogP contribution in [0, 0.1) is 5.92 Å². The predicted molar refractivity (Wildman–Crippen MR) is 66.9 cm³/mol. The van der Waals surface area contributed by atoms with Gasteiger partial charge in [-0.15, -0.1) is 11.8 Å². The van der Waals surface area contributed by atoms with Gasteiger partial charge in [0.15, 0.2) is 0 Å². The van der Waals surface area contributed by atoms with Gasteiger partial charge in [-0.3, -0.25) is 4.79 Å². The molecule has 1 aliphatic rings. The average Bonchev–Trinajstić information content (AvgIpc) is 2.66. The monoisotopic (exact) mass is 246 g/mol. The Morgan fingerprint density at radius 3 is 2.75 bits per heavy atom. The Morgan fingerprint density at radius 2 is 2.25 bits per heavy atom. The summed E-state index contributed by atoms with van der Waals surface area (Å²) in [7, 11) is 0. The van der Waals surface area contributed by atoms with Crippen molar-refractivity contribution >= 4 is 17.7 Å². The van der Waals surface area contributed by atoms with Gasteiger partial charge in [-0.1, -0.05) is 13.8 Å². The number of carboxylic acids is 1. The first-order valence-electron chi connectivity index (χ1n) is 6.02. The SMILES string of the molecule is CC(C)CCOCCC1(C(=O)O)CCCS1. The van der Waals surface area contributed by atoms with Gasteiger partial charge in [0.2, 0.25) is 0 Å². The molecule has 0 aromatic rings. The van der Waals surface area contributed by atoms with Crippen LogP contribution < -0.4 is 0 Å². The maximum absolute atomic E-state index is 11.2. The molecule has 0 amide bonds. The molecule has 4 heteroatoms. The Balaban J connectivity index is 2.21. The molecule has 1 N–H and O–H groups in total. The van der Waals surface area contributed by atoms with E-state index in [1.54, 1.807) is 11.8 Å². The van der Waals surface area contributed by atoms with Gasteiger partial charge >= 0.3 is 5.97 Å². The molecule has 1 saturated heterocycles. The van der Waals surface area contributed by atoms with E-state index in [9.17, 15) is 9.90 Å². The zero-order valence-electron chi connectivity index (χ0n) is 10.2. The van der Waals surface area contributed by atoms with Crippen molar-refractivity contribution in [1.82, 2.24) is 0 Å². The standard InChI is InChI=1S/C12H22O3S/c1-10(2)4-7-15-8-6-12(11(13)14)5-3-9-16-12/h10H,3-9H2,1-2H3,(H,13,14). The Labute approximate surface area is 102 Å². The molecule has 16 heavy (non-hydrogen) atoms. The maximum Gasteiger partial charge on any atom is 0.319 e. The number of hydrogen-bond donors (Lipinski definition) is 1. The first-order chi connectivity index (χ1) is 7.57. The largest absolute Gasteiger partial charge is 0.480 e. The van der Waals surface area contributed by atoms with E-state index in [4.69, 9.17) is 4.74 Å². The highest BCUT2D eigenvalue weighted by Gasteiger charge is 2.41. The highest BCUT2D eigenvalue weighted by atomic mass is 32.2. The average molecular weight is 246 g/mol. The van der Waals surface area contributed by atoms with Crippen LogP contribution in [0.25, 0.3) is 0 Å². The van der Waals surface area contributed by atoms with Crippen LogP contribution in [0.4, 0.5) is 0 Å². The predicted octanol–water partition coefficient (Wildman–Crippen LogP) is 2.79. The van der Waals surface area contributed by atoms with Gasteiger partial charge in [0, 0.05) is 13.2 Å². The molecule has 0 aliphatic carbocycles. The van der Waals surface area contributed by atoms with Crippen molar-refractivity contribution in [3.05, 3.63) is 0 Å². The molecule has 1 atom stereocenters. The van der Waals surface area contributed by atoms with Gasteiger partial charge in [0.25, 0.3) is 0 Å². The van der Waals surface area contributed by atoms with Gasteiger partial charge in [-0.2, -0.15) is 0 Å². The molecule has 1 fully saturated rings. The quantitative estimate of drug-likeness (QED) is 0.702. The number of carbonyl (C=O) groups is 1. The van der Waals surface area contributed by atoms with Crippen LogP contribution in [0.3, 0.4) is 0 Å². The maximum atomic E-state index is 11.2. The minimum atomic E-state index is -0.664. The molecule has 0 spiro atoms. The molecule has 0 bridgehead atoms. The number of thioether (sulfide) groups is 1. The summed E-state index contributed by atoms with van der Waals surface area (Å²) < 4.78 is 4.95. The van der Waals surface area contributed by atoms with E-state index in [1.807, 2.05) is 0 Å². The lowest BCUT2D eigenvalue weighted by Crippen LogP contribution is -2.33. The third-order valence-electron chi connectivity index (χ3n) is 2.98. The van der Waals surface area contributed by atoms with E-state index in [-0.39, 0.29) is 0 Å². The number of ether oxygens (including phenoxy) is 1. The summed E-state index contributed by atoms with van der Waals surface area (Å²) in [5, 5.41) is 9.23. The Kier molecular flexibility index (Phi) is 5.62. The smallest absolute Gasteiger partial charge is 0.319 e. The lowest BCUT2D eigenvalue weighted by Gasteiger charge is -2.22. The van der Waals surface area contributed by atoms with Crippen LogP contribution in [0.15, 0.2) is 0 Å². The summed E-state index contributed by atoms with van der Waals surface area (Å²) in [4.78, 5) is 11.2. The van der Waals surface area contributed by atoms with Crippen molar-refractivity contribution in [2.24, 2.45) is 5.92 Å². The molecule has 0 saturated carbocycles. The van der Waals surface area contributed by atoms with Gasteiger partial charge in [-0.25, -0.2) is 0 Å². The molecule has 0 radical (unpaired) electrons. The number of rotatable bonds is 7. The summed E-state index contributed by atoms with van der Waals surface area (Å²) >= 11 is 1.58. The van der Waals surface area contributed by atoms with E-state index < -0.39 is 10.7 Å².